The van der Waals surface area contributed by atoms with Crippen molar-refractivity contribution in [1.29, 1.82) is 0 Å². The summed E-state index contributed by atoms with van der Waals surface area (Å²) in [4.78, 5) is 23.1. The second-order valence-corrected chi connectivity index (χ2v) is 7.81. The highest BCUT2D eigenvalue weighted by molar-refractivity contribution is 8.00. The minimum atomic E-state index is -0.212. The number of amides is 2. The van der Waals surface area contributed by atoms with Crippen LogP contribution in [0.1, 0.15) is 46.5 Å². The van der Waals surface area contributed by atoms with E-state index in [4.69, 9.17) is 0 Å². The number of nitrogens with one attached hydrogen (secondary N) is 2. The molecule has 0 aromatic carbocycles. The van der Waals surface area contributed by atoms with E-state index in [0.29, 0.717) is 23.5 Å². The Morgan fingerprint density at radius 3 is 2.74 bits per heavy atom. The zero-order valence-electron chi connectivity index (χ0n) is 12.0. The molecule has 0 aromatic rings. The number of Topliss-reactive ketones (excluding diaryl/α,β-unsaturated/α-hetero) is 1. The lowest BCUT2D eigenvalue weighted by molar-refractivity contribution is -0.126. The molecule has 2 aliphatic heterocycles. The van der Waals surface area contributed by atoms with Crippen LogP contribution >= 0.6 is 11.8 Å². The molecule has 2 fully saturated rings. The molecule has 2 heterocycles. The van der Waals surface area contributed by atoms with Crippen molar-refractivity contribution in [2.45, 2.75) is 63.8 Å². The highest BCUT2D eigenvalue weighted by Gasteiger charge is 2.42. The van der Waals surface area contributed by atoms with Gasteiger partial charge in [-0.05, 0) is 12.8 Å². The van der Waals surface area contributed by atoms with Crippen LogP contribution in [-0.2, 0) is 4.79 Å². The van der Waals surface area contributed by atoms with E-state index in [2.05, 4.69) is 10.6 Å². The van der Waals surface area contributed by atoms with Gasteiger partial charge >= 0.3 is 6.03 Å². The van der Waals surface area contributed by atoms with Crippen LogP contribution in [-0.4, -0.2) is 34.9 Å². The van der Waals surface area contributed by atoms with E-state index in [1.165, 1.54) is 0 Å². The Morgan fingerprint density at radius 1 is 1.32 bits per heavy atom. The van der Waals surface area contributed by atoms with Gasteiger partial charge in [-0.1, -0.05) is 27.2 Å². The lowest BCUT2D eigenvalue weighted by Gasteiger charge is -2.18. The van der Waals surface area contributed by atoms with Gasteiger partial charge in [-0.3, -0.25) is 4.79 Å². The van der Waals surface area contributed by atoms with E-state index < -0.39 is 0 Å². The first-order chi connectivity index (χ1) is 8.88. The molecule has 0 unspecified atom stereocenters. The molecular formula is C14H24N2O2S. The number of fused-ring (bicyclic) bond motifs is 1. The number of ketones is 1. The van der Waals surface area contributed by atoms with Crippen LogP contribution in [0.5, 0.6) is 0 Å². The van der Waals surface area contributed by atoms with E-state index in [0.717, 1.165) is 25.0 Å². The molecular weight excluding hydrogens is 260 g/mol. The summed E-state index contributed by atoms with van der Waals surface area (Å²) in [6.45, 7) is 5.94. The Labute approximate surface area is 119 Å². The topological polar surface area (TPSA) is 58.2 Å². The maximum atomic E-state index is 11.8. The van der Waals surface area contributed by atoms with Crippen LogP contribution in [0.4, 0.5) is 4.79 Å². The number of urea groups is 1. The van der Waals surface area contributed by atoms with Crippen molar-refractivity contribution in [3.63, 3.8) is 0 Å². The van der Waals surface area contributed by atoms with Crippen LogP contribution < -0.4 is 10.6 Å². The largest absolute Gasteiger partial charge is 0.332 e. The van der Waals surface area contributed by atoms with E-state index in [-0.39, 0.29) is 17.5 Å². The summed E-state index contributed by atoms with van der Waals surface area (Å²) in [7, 11) is 0. The normalized spacial score (nSPS) is 29.8. The average molecular weight is 284 g/mol. The predicted octanol–water partition coefficient (Wildman–Crippen LogP) is 2.33. The molecule has 2 saturated heterocycles. The molecule has 3 atom stereocenters. The molecule has 4 nitrogen and oxygen atoms in total. The van der Waals surface area contributed by atoms with Gasteiger partial charge in [-0.2, -0.15) is 11.8 Å². The van der Waals surface area contributed by atoms with Gasteiger partial charge in [-0.25, -0.2) is 4.79 Å². The van der Waals surface area contributed by atoms with E-state index in [1.54, 1.807) is 0 Å². The summed E-state index contributed by atoms with van der Waals surface area (Å²) in [6.07, 6.45) is 3.80. The smallest absolute Gasteiger partial charge is 0.315 e. The van der Waals surface area contributed by atoms with Gasteiger partial charge in [-0.15, -0.1) is 0 Å². The number of carbonyl (C=O) groups excluding carboxylic acids is 2. The van der Waals surface area contributed by atoms with E-state index in [9.17, 15) is 9.59 Å². The van der Waals surface area contributed by atoms with Crippen LogP contribution in [0, 0.1) is 5.41 Å². The van der Waals surface area contributed by atoms with Gasteiger partial charge in [0.2, 0.25) is 0 Å². The van der Waals surface area contributed by atoms with Gasteiger partial charge in [0, 0.05) is 22.8 Å². The molecule has 108 valence electrons. The summed E-state index contributed by atoms with van der Waals surface area (Å²) in [5, 5.41) is 6.46. The van der Waals surface area contributed by atoms with Crippen LogP contribution in [0.15, 0.2) is 0 Å². The predicted molar refractivity (Wildman–Crippen MR) is 78.4 cm³/mol. The third-order valence-corrected chi connectivity index (χ3v) is 5.43. The molecule has 5 heteroatoms. The van der Waals surface area contributed by atoms with Crippen LogP contribution in [0.2, 0.25) is 0 Å². The second kappa shape index (κ2) is 5.73. The molecule has 2 rings (SSSR count). The zero-order chi connectivity index (χ0) is 14.0. The minimum absolute atomic E-state index is 0.0248. The quantitative estimate of drug-likeness (QED) is 0.602. The zero-order valence-corrected chi connectivity index (χ0v) is 12.8. The Morgan fingerprint density at radius 2 is 2.05 bits per heavy atom. The van der Waals surface area contributed by atoms with Gasteiger partial charge in [0.15, 0.2) is 0 Å². The molecule has 19 heavy (non-hydrogen) atoms. The Kier molecular flexibility index (Phi) is 4.43. The van der Waals surface area contributed by atoms with E-state index in [1.807, 2.05) is 32.5 Å². The average Bonchev–Trinajstić information content (AvgIpc) is 2.82. The SMILES string of the molecule is CC(C)(C)C(=O)CCCC[C@@H]1SC[C@@H]2NC(=O)N[C@@H]21. The number of thioether (sulfide) groups is 1. The van der Waals surface area contributed by atoms with Gasteiger partial charge in [0.25, 0.3) is 0 Å². The molecule has 2 amide bonds. The Balaban J connectivity index is 1.67. The first kappa shape index (κ1) is 14.7. The van der Waals surface area contributed by atoms with Crippen molar-refractivity contribution in [1.82, 2.24) is 10.6 Å². The Bertz CT molecular complexity index is 365. The number of carbonyl (C=O) groups is 2. The third-order valence-electron chi connectivity index (χ3n) is 3.92. The van der Waals surface area contributed by atoms with Gasteiger partial charge < -0.3 is 10.6 Å². The lowest BCUT2D eigenvalue weighted by atomic mass is 9.87. The van der Waals surface area contributed by atoms with E-state index >= 15 is 0 Å². The molecule has 2 aliphatic rings. The number of hydrogen-bond acceptors (Lipinski definition) is 3. The standard InChI is InChI=1S/C14H24N2O2S/c1-14(2,3)11(17)7-5-4-6-10-12-9(8-19-10)15-13(18)16-12/h9-10,12H,4-8H2,1-3H3,(H2,15,16,18)/t9-,10-,12-/m0/s1. The molecule has 0 spiro atoms. The molecule has 0 aliphatic carbocycles. The van der Waals surface area contributed by atoms with Crippen molar-refractivity contribution < 1.29 is 9.59 Å². The van der Waals surface area contributed by atoms with Crippen LogP contribution in [0.3, 0.4) is 0 Å². The van der Waals surface area contributed by atoms with Crippen molar-refractivity contribution in [3.05, 3.63) is 0 Å². The summed E-state index contributed by atoms with van der Waals surface area (Å²) in [5.74, 6) is 1.36. The van der Waals surface area contributed by atoms with Crippen molar-refractivity contribution in [2.75, 3.05) is 5.75 Å². The highest BCUT2D eigenvalue weighted by atomic mass is 32.2. The summed E-state index contributed by atoms with van der Waals surface area (Å²) >= 11 is 1.94. The number of rotatable bonds is 5. The fourth-order valence-corrected chi connectivity index (χ4v) is 4.19. The van der Waals surface area contributed by atoms with Crippen LogP contribution in [0.25, 0.3) is 0 Å². The maximum absolute atomic E-state index is 11.8. The fraction of sp³-hybridized carbons (Fsp3) is 0.857. The molecule has 0 saturated carbocycles. The number of hydrogen-bond donors (Lipinski definition) is 2. The first-order valence-corrected chi connectivity index (χ1v) is 8.15. The van der Waals surface area contributed by atoms with Gasteiger partial charge in [0.05, 0.1) is 12.1 Å². The van der Waals surface area contributed by atoms with Crippen molar-refractivity contribution in [3.8, 4) is 0 Å². The number of unbranched alkanes of at least 4 members (excludes halogenated alkanes) is 1. The molecule has 0 bridgehead atoms. The van der Waals surface area contributed by atoms with Crippen molar-refractivity contribution in [2.24, 2.45) is 5.41 Å². The highest BCUT2D eigenvalue weighted by Crippen LogP contribution is 2.33. The minimum Gasteiger partial charge on any atom is -0.332 e. The Hall–Kier alpha value is -0.710. The first-order valence-electron chi connectivity index (χ1n) is 7.10. The summed E-state index contributed by atoms with van der Waals surface area (Å²) in [5.41, 5.74) is -0.212. The monoisotopic (exact) mass is 284 g/mol. The van der Waals surface area contributed by atoms with Gasteiger partial charge in [0.1, 0.15) is 5.78 Å². The molecule has 2 N–H and O–H groups in total. The molecule has 0 radical (unpaired) electrons. The fourth-order valence-electron chi connectivity index (χ4n) is 2.65. The van der Waals surface area contributed by atoms with Crippen molar-refractivity contribution >= 4 is 23.6 Å². The summed E-state index contributed by atoms with van der Waals surface area (Å²) in [6, 6.07) is 0.567. The summed E-state index contributed by atoms with van der Waals surface area (Å²) < 4.78 is 0. The third kappa shape index (κ3) is 3.65. The maximum Gasteiger partial charge on any atom is 0.315 e. The second-order valence-electron chi connectivity index (χ2n) is 6.54. The lowest BCUT2D eigenvalue weighted by Crippen LogP contribution is -2.36. The molecule has 0 aromatic heterocycles.